The zero-order valence-corrected chi connectivity index (χ0v) is 24.4. The van der Waals surface area contributed by atoms with Gasteiger partial charge in [-0.2, -0.15) is 0 Å². The number of carbonyl (C=O) groups excluding carboxylic acids is 1. The number of benzene rings is 4. The van der Waals surface area contributed by atoms with Crippen LogP contribution in [-0.2, 0) is 6.42 Å². The van der Waals surface area contributed by atoms with Crippen molar-refractivity contribution in [1.29, 1.82) is 0 Å². The number of nitrogens with one attached hydrogen (secondary N) is 1. The van der Waals surface area contributed by atoms with Gasteiger partial charge >= 0.3 is 6.03 Å². The van der Waals surface area contributed by atoms with E-state index >= 15 is 0 Å². The average Bonchev–Trinajstić information content (AvgIpc) is 2.95. The van der Waals surface area contributed by atoms with E-state index in [1.54, 1.807) is 15.5 Å². The highest BCUT2D eigenvalue weighted by molar-refractivity contribution is 9.10. The fraction of sp³-hybridized carbons (Fsp3) is 0.129. The molecule has 1 unspecified atom stereocenters. The largest absolute Gasteiger partial charge is 0.322 e. The number of rotatable bonds is 7. The molecule has 2 amide bonds. The number of hydrogen-bond donors (Lipinski definition) is 1. The molecule has 0 aliphatic carbocycles. The SMILES string of the molecule is CC(c1nc2ccccc2c(=O)n1-c1ccc(Br)cc1)N(CCc1ccccc1)C(=O)Nc1ccc(Br)cc1. The zero-order valence-electron chi connectivity index (χ0n) is 21.2. The van der Waals surface area contributed by atoms with Crippen LogP contribution < -0.4 is 10.9 Å². The number of carbonyl (C=O) groups is 1. The minimum atomic E-state index is -0.523. The molecule has 0 aliphatic heterocycles. The number of halogens is 2. The minimum absolute atomic E-state index is 0.180. The summed E-state index contributed by atoms with van der Waals surface area (Å²) in [5, 5.41) is 3.54. The van der Waals surface area contributed by atoms with Crippen molar-refractivity contribution in [2.45, 2.75) is 19.4 Å². The van der Waals surface area contributed by atoms with Gasteiger partial charge in [0.1, 0.15) is 5.82 Å². The van der Waals surface area contributed by atoms with Crippen molar-refractivity contribution in [2.24, 2.45) is 0 Å². The maximum absolute atomic E-state index is 13.8. The molecule has 0 saturated carbocycles. The van der Waals surface area contributed by atoms with Crippen LogP contribution >= 0.6 is 31.9 Å². The van der Waals surface area contributed by atoms with Gasteiger partial charge in [0.15, 0.2) is 0 Å². The second-order valence-electron chi connectivity index (χ2n) is 9.15. The van der Waals surface area contributed by atoms with Gasteiger partial charge < -0.3 is 10.2 Å². The van der Waals surface area contributed by atoms with Gasteiger partial charge in [0.2, 0.25) is 0 Å². The van der Waals surface area contributed by atoms with Crippen LogP contribution in [0.5, 0.6) is 0 Å². The van der Waals surface area contributed by atoms with E-state index in [2.05, 4.69) is 37.2 Å². The number of anilines is 1. The predicted molar refractivity (Wildman–Crippen MR) is 163 cm³/mol. The lowest BCUT2D eigenvalue weighted by atomic mass is 10.1. The molecule has 196 valence electrons. The molecule has 1 atom stereocenters. The van der Waals surface area contributed by atoms with Crippen molar-refractivity contribution in [3.8, 4) is 5.69 Å². The van der Waals surface area contributed by atoms with Crippen molar-refractivity contribution in [3.63, 3.8) is 0 Å². The van der Waals surface area contributed by atoms with Gasteiger partial charge in [-0.05, 0) is 79.6 Å². The van der Waals surface area contributed by atoms with Crippen LogP contribution in [0.4, 0.5) is 10.5 Å². The van der Waals surface area contributed by atoms with Gasteiger partial charge in [0.05, 0.1) is 22.6 Å². The van der Waals surface area contributed by atoms with E-state index in [0.717, 1.165) is 14.5 Å². The van der Waals surface area contributed by atoms with Crippen LogP contribution in [0.15, 0.2) is 117 Å². The van der Waals surface area contributed by atoms with Gasteiger partial charge in [0, 0.05) is 21.2 Å². The highest BCUT2D eigenvalue weighted by Crippen LogP contribution is 2.25. The predicted octanol–water partition coefficient (Wildman–Crippen LogP) is 7.75. The van der Waals surface area contributed by atoms with E-state index in [9.17, 15) is 9.59 Å². The molecule has 1 N–H and O–H groups in total. The van der Waals surface area contributed by atoms with Crippen molar-refractivity contribution < 1.29 is 4.79 Å². The Kier molecular flexibility index (Phi) is 8.24. The Hall–Kier alpha value is -3.75. The summed E-state index contributed by atoms with van der Waals surface area (Å²) in [5.74, 6) is 0.486. The zero-order chi connectivity index (χ0) is 27.4. The van der Waals surface area contributed by atoms with Gasteiger partial charge in [0.25, 0.3) is 5.56 Å². The summed E-state index contributed by atoms with van der Waals surface area (Å²) < 4.78 is 3.44. The number of urea groups is 1. The lowest BCUT2D eigenvalue weighted by Gasteiger charge is -2.31. The number of nitrogens with zero attached hydrogens (tertiary/aromatic N) is 3. The maximum Gasteiger partial charge on any atom is 0.322 e. The molecule has 0 aliphatic rings. The Morgan fingerprint density at radius 1 is 0.872 bits per heavy atom. The first-order chi connectivity index (χ1) is 18.9. The van der Waals surface area contributed by atoms with E-state index in [1.165, 1.54) is 0 Å². The average molecular weight is 646 g/mol. The molecule has 1 heterocycles. The van der Waals surface area contributed by atoms with Crippen LogP contribution in [-0.4, -0.2) is 27.0 Å². The smallest absolute Gasteiger partial charge is 0.314 e. The van der Waals surface area contributed by atoms with Crippen LogP contribution in [0.2, 0.25) is 0 Å². The summed E-state index contributed by atoms with van der Waals surface area (Å²) in [6.07, 6.45) is 0.648. The van der Waals surface area contributed by atoms with Crippen molar-refractivity contribution in [1.82, 2.24) is 14.5 Å². The highest BCUT2D eigenvalue weighted by Gasteiger charge is 2.27. The molecule has 0 saturated heterocycles. The fourth-order valence-corrected chi connectivity index (χ4v) is 5.03. The normalized spacial score (nSPS) is 11.8. The number of amides is 2. The van der Waals surface area contributed by atoms with Crippen LogP contribution in [0.1, 0.15) is 24.4 Å². The molecule has 39 heavy (non-hydrogen) atoms. The van der Waals surface area contributed by atoms with E-state index in [0.29, 0.717) is 41.1 Å². The third-order valence-electron chi connectivity index (χ3n) is 6.57. The molecule has 0 fully saturated rings. The standard InChI is InChI=1S/C31H26Br2N4O2/c1-21(29-35-28-10-6-5-9-27(28)30(38)37(29)26-17-13-24(33)14-18-26)36(20-19-22-7-3-2-4-8-22)31(39)34-25-15-11-23(32)12-16-25/h2-18,21H,19-20H2,1H3,(H,34,39). The molecule has 6 nitrogen and oxygen atoms in total. The first kappa shape index (κ1) is 26.8. The lowest BCUT2D eigenvalue weighted by Crippen LogP contribution is -2.41. The van der Waals surface area contributed by atoms with Crippen molar-refractivity contribution in [3.05, 3.63) is 134 Å². The van der Waals surface area contributed by atoms with Gasteiger partial charge in [-0.1, -0.05) is 74.3 Å². The molecule has 0 radical (unpaired) electrons. The lowest BCUT2D eigenvalue weighted by molar-refractivity contribution is 0.190. The van der Waals surface area contributed by atoms with Crippen molar-refractivity contribution >= 4 is 54.5 Å². The minimum Gasteiger partial charge on any atom is -0.314 e. The Morgan fingerprint density at radius 2 is 1.49 bits per heavy atom. The fourth-order valence-electron chi connectivity index (χ4n) is 4.50. The topological polar surface area (TPSA) is 67.2 Å². The highest BCUT2D eigenvalue weighted by atomic mass is 79.9. The van der Waals surface area contributed by atoms with E-state index in [4.69, 9.17) is 4.98 Å². The molecule has 5 rings (SSSR count). The van der Waals surface area contributed by atoms with Gasteiger partial charge in [-0.25, -0.2) is 9.78 Å². The number of fused-ring (bicyclic) bond motifs is 1. The van der Waals surface area contributed by atoms with E-state index in [-0.39, 0.29) is 11.6 Å². The summed E-state index contributed by atoms with van der Waals surface area (Å²) in [6, 6.07) is 31.5. The first-order valence-corrected chi connectivity index (χ1v) is 14.1. The molecule has 0 bridgehead atoms. The van der Waals surface area contributed by atoms with Crippen LogP contribution in [0.3, 0.4) is 0 Å². The van der Waals surface area contributed by atoms with E-state index < -0.39 is 6.04 Å². The Balaban J connectivity index is 1.59. The summed E-state index contributed by atoms with van der Waals surface area (Å²) in [7, 11) is 0. The second kappa shape index (κ2) is 12.0. The quantitative estimate of drug-likeness (QED) is 0.197. The van der Waals surface area contributed by atoms with Crippen LogP contribution in [0.25, 0.3) is 16.6 Å². The number of para-hydroxylation sites is 1. The van der Waals surface area contributed by atoms with Gasteiger partial charge in [-0.3, -0.25) is 9.36 Å². The summed E-state index contributed by atoms with van der Waals surface area (Å²) >= 11 is 6.92. The molecule has 0 spiro atoms. The molecule has 1 aromatic heterocycles. The van der Waals surface area contributed by atoms with Crippen LogP contribution in [0, 0.1) is 0 Å². The monoisotopic (exact) mass is 644 g/mol. The Labute approximate surface area is 243 Å². The molecule has 4 aromatic carbocycles. The van der Waals surface area contributed by atoms with E-state index in [1.807, 2.05) is 104 Å². The Morgan fingerprint density at radius 3 is 2.18 bits per heavy atom. The third-order valence-corrected chi connectivity index (χ3v) is 7.63. The summed E-state index contributed by atoms with van der Waals surface area (Å²) in [4.78, 5) is 34.2. The molecule has 8 heteroatoms. The third kappa shape index (κ3) is 6.13. The molecular formula is C31H26Br2N4O2. The summed E-state index contributed by atoms with van der Waals surface area (Å²) in [5.41, 5.74) is 2.88. The number of aromatic nitrogens is 2. The Bertz CT molecular complexity index is 1650. The maximum atomic E-state index is 13.8. The second-order valence-corrected chi connectivity index (χ2v) is 11.0. The first-order valence-electron chi connectivity index (χ1n) is 12.6. The summed E-state index contributed by atoms with van der Waals surface area (Å²) in [6.45, 7) is 2.34. The van der Waals surface area contributed by atoms with Gasteiger partial charge in [-0.15, -0.1) is 0 Å². The van der Waals surface area contributed by atoms with Crippen molar-refractivity contribution in [2.75, 3.05) is 11.9 Å². The number of hydrogen-bond acceptors (Lipinski definition) is 3. The molecular weight excluding hydrogens is 620 g/mol. The molecule has 5 aromatic rings.